The van der Waals surface area contributed by atoms with Gasteiger partial charge in [0.2, 0.25) is 11.9 Å². The van der Waals surface area contributed by atoms with Crippen molar-refractivity contribution in [2.75, 3.05) is 0 Å². The molecule has 3 nitrogen and oxygen atoms in total. The standard InChI is InChI=1S/C8H7ClFNO.C5H2BrClFN/c1-5(12)4-6-2-3-7(10)11-8(6)9;6-3-1-2-4(8)9-5(3)7/h2-3H,4H2,1H3;1-2H. The molecule has 112 valence electrons. The van der Waals surface area contributed by atoms with Gasteiger partial charge in [-0.05, 0) is 46.6 Å². The molecule has 0 aliphatic carbocycles. The van der Waals surface area contributed by atoms with Crippen LogP contribution >= 0.6 is 39.1 Å². The zero-order chi connectivity index (χ0) is 16.0. The van der Waals surface area contributed by atoms with E-state index in [1.165, 1.54) is 31.2 Å². The second kappa shape index (κ2) is 8.36. The predicted octanol–water partition coefficient (Wildman–Crippen LogP) is 4.64. The number of pyridine rings is 2. The minimum atomic E-state index is -0.632. The van der Waals surface area contributed by atoms with Gasteiger partial charge in [-0.3, -0.25) is 4.79 Å². The van der Waals surface area contributed by atoms with Gasteiger partial charge in [0.15, 0.2) is 0 Å². The highest BCUT2D eigenvalue weighted by Crippen LogP contribution is 2.18. The topological polar surface area (TPSA) is 42.9 Å². The van der Waals surface area contributed by atoms with Gasteiger partial charge in [-0.15, -0.1) is 0 Å². The Bertz CT molecular complexity index is 656. The number of nitrogens with zero attached hydrogens (tertiary/aromatic N) is 2. The lowest BCUT2D eigenvalue weighted by atomic mass is 10.1. The third kappa shape index (κ3) is 6.46. The van der Waals surface area contributed by atoms with Crippen LogP contribution in [-0.4, -0.2) is 15.8 Å². The molecule has 0 saturated heterocycles. The maximum absolute atomic E-state index is 12.4. The van der Waals surface area contributed by atoms with Gasteiger partial charge in [-0.25, -0.2) is 9.97 Å². The average Bonchev–Trinajstić information content (AvgIpc) is 2.38. The fourth-order valence-electron chi connectivity index (χ4n) is 1.24. The normalized spacial score (nSPS) is 9.81. The van der Waals surface area contributed by atoms with Gasteiger partial charge in [0.25, 0.3) is 0 Å². The van der Waals surface area contributed by atoms with Crippen LogP contribution in [0.3, 0.4) is 0 Å². The Labute approximate surface area is 138 Å². The summed E-state index contributed by atoms with van der Waals surface area (Å²) in [4.78, 5) is 17.4. The molecule has 8 heteroatoms. The highest BCUT2D eigenvalue weighted by Gasteiger charge is 2.05. The molecule has 0 spiro atoms. The third-order valence-corrected chi connectivity index (χ3v) is 3.58. The van der Waals surface area contributed by atoms with E-state index >= 15 is 0 Å². The van der Waals surface area contributed by atoms with Crippen molar-refractivity contribution in [3.8, 4) is 0 Å². The minimum Gasteiger partial charge on any atom is -0.300 e. The van der Waals surface area contributed by atoms with Crippen LogP contribution in [0.25, 0.3) is 0 Å². The zero-order valence-electron chi connectivity index (χ0n) is 10.7. The predicted molar refractivity (Wildman–Crippen MR) is 80.5 cm³/mol. The van der Waals surface area contributed by atoms with Crippen molar-refractivity contribution < 1.29 is 13.6 Å². The van der Waals surface area contributed by atoms with Crippen LogP contribution in [-0.2, 0) is 11.2 Å². The second-order valence-electron chi connectivity index (χ2n) is 3.87. The molecule has 2 rings (SSSR count). The van der Waals surface area contributed by atoms with Crippen LogP contribution in [0.15, 0.2) is 28.7 Å². The largest absolute Gasteiger partial charge is 0.300 e. The summed E-state index contributed by atoms with van der Waals surface area (Å²) in [6, 6.07) is 5.39. The molecule has 0 radical (unpaired) electrons. The van der Waals surface area contributed by atoms with E-state index < -0.39 is 11.9 Å². The smallest absolute Gasteiger partial charge is 0.214 e. The Morgan fingerprint density at radius 1 is 1.10 bits per heavy atom. The van der Waals surface area contributed by atoms with Crippen molar-refractivity contribution >= 4 is 44.9 Å². The van der Waals surface area contributed by atoms with Crippen molar-refractivity contribution in [2.24, 2.45) is 0 Å². The van der Waals surface area contributed by atoms with E-state index in [9.17, 15) is 13.6 Å². The van der Waals surface area contributed by atoms with E-state index in [-0.39, 0.29) is 22.5 Å². The van der Waals surface area contributed by atoms with Gasteiger partial charge < -0.3 is 0 Å². The summed E-state index contributed by atoms with van der Waals surface area (Å²) >= 11 is 14.1. The Morgan fingerprint density at radius 2 is 1.62 bits per heavy atom. The van der Waals surface area contributed by atoms with Crippen molar-refractivity contribution in [1.82, 2.24) is 9.97 Å². The molecular formula is C13H9BrCl2F2N2O. The maximum Gasteiger partial charge on any atom is 0.214 e. The van der Waals surface area contributed by atoms with E-state index in [1.807, 2.05) is 0 Å². The van der Waals surface area contributed by atoms with E-state index in [0.29, 0.717) is 10.0 Å². The molecule has 0 aliphatic rings. The Hall–Kier alpha value is -1.11. The first-order chi connectivity index (χ1) is 9.79. The number of Topliss-reactive ketones (excluding diaryl/α,β-unsaturated/α-hetero) is 1. The van der Waals surface area contributed by atoms with Crippen molar-refractivity contribution in [1.29, 1.82) is 0 Å². The third-order valence-electron chi connectivity index (χ3n) is 2.10. The van der Waals surface area contributed by atoms with Crippen LogP contribution in [0.4, 0.5) is 8.78 Å². The zero-order valence-corrected chi connectivity index (χ0v) is 13.8. The first-order valence-corrected chi connectivity index (χ1v) is 7.12. The van der Waals surface area contributed by atoms with Crippen LogP contribution in [0.1, 0.15) is 12.5 Å². The lowest BCUT2D eigenvalue weighted by Gasteiger charge is -1.99. The summed E-state index contributed by atoms with van der Waals surface area (Å²) in [5.41, 5.74) is 0.561. The monoisotopic (exact) mass is 396 g/mol. The molecule has 21 heavy (non-hydrogen) atoms. The van der Waals surface area contributed by atoms with Crippen LogP contribution < -0.4 is 0 Å². The Morgan fingerprint density at radius 3 is 2.05 bits per heavy atom. The molecule has 0 fully saturated rings. The van der Waals surface area contributed by atoms with Crippen molar-refractivity contribution in [3.63, 3.8) is 0 Å². The number of hydrogen-bond acceptors (Lipinski definition) is 3. The quantitative estimate of drug-likeness (QED) is 0.693. The molecule has 2 aromatic heterocycles. The molecule has 0 amide bonds. The number of hydrogen-bond donors (Lipinski definition) is 0. The summed E-state index contributed by atoms with van der Waals surface area (Å²) in [5.74, 6) is -1.22. The summed E-state index contributed by atoms with van der Waals surface area (Å²) in [6.07, 6.45) is 0.201. The molecule has 0 aromatic carbocycles. The molecule has 0 unspecified atom stereocenters. The molecule has 0 N–H and O–H groups in total. The number of rotatable bonds is 2. The van der Waals surface area contributed by atoms with Crippen LogP contribution in [0, 0.1) is 11.9 Å². The molecule has 0 aliphatic heterocycles. The number of ketones is 1. The molecule has 0 bridgehead atoms. The fourth-order valence-corrected chi connectivity index (χ4v) is 1.81. The number of halogens is 5. The fraction of sp³-hybridized carbons (Fsp3) is 0.154. The van der Waals surface area contributed by atoms with Crippen LogP contribution in [0.2, 0.25) is 10.3 Å². The summed E-state index contributed by atoms with van der Waals surface area (Å²) in [5, 5.41) is 0.209. The second-order valence-corrected chi connectivity index (χ2v) is 5.44. The van der Waals surface area contributed by atoms with Crippen LogP contribution in [0.5, 0.6) is 0 Å². The summed E-state index contributed by atoms with van der Waals surface area (Å²) in [7, 11) is 0. The van der Waals surface area contributed by atoms with Crippen molar-refractivity contribution in [3.05, 3.63) is 56.5 Å². The van der Waals surface area contributed by atoms with Gasteiger partial charge in [-0.1, -0.05) is 29.3 Å². The number of carbonyl (C=O) groups excluding carboxylic acids is 1. The molecule has 0 atom stereocenters. The molecular weight excluding hydrogens is 389 g/mol. The van der Waals surface area contributed by atoms with Gasteiger partial charge in [-0.2, -0.15) is 8.78 Å². The SMILES string of the molecule is CC(=O)Cc1ccc(F)nc1Cl.Fc1ccc(Br)c(Cl)n1. The van der Waals surface area contributed by atoms with Gasteiger partial charge in [0.1, 0.15) is 16.1 Å². The van der Waals surface area contributed by atoms with Gasteiger partial charge >= 0.3 is 0 Å². The van der Waals surface area contributed by atoms with Crippen molar-refractivity contribution in [2.45, 2.75) is 13.3 Å². The summed E-state index contributed by atoms with van der Waals surface area (Å²) in [6.45, 7) is 1.44. The number of aromatic nitrogens is 2. The average molecular weight is 398 g/mol. The Balaban J connectivity index is 0.000000219. The van der Waals surface area contributed by atoms with E-state index in [4.69, 9.17) is 23.2 Å². The highest BCUT2D eigenvalue weighted by atomic mass is 79.9. The number of carbonyl (C=O) groups is 1. The first-order valence-electron chi connectivity index (χ1n) is 5.57. The maximum atomic E-state index is 12.4. The first kappa shape index (κ1) is 17.9. The lowest BCUT2D eigenvalue weighted by Crippen LogP contribution is -1.99. The van der Waals surface area contributed by atoms with E-state index in [0.717, 1.165) is 0 Å². The van der Waals surface area contributed by atoms with E-state index in [2.05, 4.69) is 25.9 Å². The minimum absolute atomic E-state index is 0.0229. The van der Waals surface area contributed by atoms with E-state index in [1.54, 1.807) is 0 Å². The Kier molecular flexibility index (Phi) is 7.14. The molecule has 2 aromatic rings. The lowest BCUT2D eigenvalue weighted by molar-refractivity contribution is -0.116. The molecule has 0 saturated carbocycles. The summed E-state index contributed by atoms with van der Waals surface area (Å²) < 4.78 is 25.1. The van der Waals surface area contributed by atoms with Gasteiger partial charge in [0, 0.05) is 6.42 Å². The highest BCUT2D eigenvalue weighted by molar-refractivity contribution is 9.10. The molecule has 2 heterocycles. The van der Waals surface area contributed by atoms with Gasteiger partial charge in [0.05, 0.1) is 4.47 Å².